The summed E-state index contributed by atoms with van der Waals surface area (Å²) in [6.07, 6.45) is 3.46. The average molecular weight is 340 g/mol. The molecule has 1 aliphatic rings. The van der Waals surface area contributed by atoms with Crippen molar-refractivity contribution in [1.29, 1.82) is 0 Å². The molecule has 0 N–H and O–H groups in total. The maximum absolute atomic E-state index is 12.5. The molecule has 1 fully saturated rings. The highest BCUT2D eigenvalue weighted by atomic mass is 32.1. The highest BCUT2D eigenvalue weighted by molar-refractivity contribution is 7.09. The van der Waals surface area contributed by atoms with Crippen LogP contribution >= 0.6 is 11.3 Å². The number of thiophene rings is 1. The largest absolute Gasteiger partial charge is 0.440 e. The summed E-state index contributed by atoms with van der Waals surface area (Å²) in [6, 6.07) is 12.0. The quantitative estimate of drug-likeness (QED) is 0.714. The highest BCUT2D eigenvalue weighted by Gasteiger charge is 2.27. The van der Waals surface area contributed by atoms with Gasteiger partial charge in [-0.2, -0.15) is 0 Å². The number of benzene rings is 1. The van der Waals surface area contributed by atoms with Crippen LogP contribution in [0, 0.1) is 0 Å². The van der Waals surface area contributed by atoms with Gasteiger partial charge < -0.3 is 9.32 Å². The van der Waals surface area contributed by atoms with Gasteiger partial charge in [-0.3, -0.25) is 4.79 Å². The average Bonchev–Trinajstić information content (AvgIpc) is 3.29. The van der Waals surface area contributed by atoms with E-state index in [-0.39, 0.29) is 11.8 Å². The number of carbonyl (C=O) groups excluding carboxylic acids is 1. The van der Waals surface area contributed by atoms with Gasteiger partial charge in [-0.25, -0.2) is 4.98 Å². The van der Waals surface area contributed by atoms with E-state index < -0.39 is 0 Å². The number of aromatic nitrogens is 1. The van der Waals surface area contributed by atoms with E-state index in [0.29, 0.717) is 6.42 Å². The molecule has 0 saturated carbocycles. The van der Waals surface area contributed by atoms with Crippen LogP contribution < -0.4 is 0 Å². The van der Waals surface area contributed by atoms with E-state index in [9.17, 15) is 4.79 Å². The summed E-state index contributed by atoms with van der Waals surface area (Å²) in [5.41, 5.74) is 1.72. The summed E-state index contributed by atoms with van der Waals surface area (Å²) in [5.74, 6) is 1.22. The zero-order chi connectivity index (χ0) is 16.4. The number of hydrogen-bond donors (Lipinski definition) is 0. The zero-order valence-corrected chi connectivity index (χ0v) is 14.3. The Labute approximate surface area is 145 Å². The van der Waals surface area contributed by atoms with Gasteiger partial charge in [-0.05, 0) is 42.8 Å². The first kappa shape index (κ1) is 15.4. The molecular weight excluding hydrogens is 320 g/mol. The third kappa shape index (κ3) is 3.22. The molecule has 4 nitrogen and oxygen atoms in total. The number of fused-ring (bicyclic) bond motifs is 1. The fraction of sp³-hybridized carbons (Fsp3) is 0.368. The van der Waals surface area contributed by atoms with E-state index >= 15 is 0 Å². The Hall–Kier alpha value is -2.14. The first-order valence-electron chi connectivity index (χ1n) is 8.45. The van der Waals surface area contributed by atoms with Crippen LogP contribution in [0.4, 0.5) is 0 Å². The van der Waals surface area contributed by atoms with Crippen LogP contribution in [0.5, 0.6) is 0 Å². The second kappa shape index (κ2) is 6.77. The van der Waals surface area contributed by atoms with Gasteiger partial charge in [0.1, 0.15) is 5.52 Å². The number of aryl methyl sites for hydroxylation is 1. The van der Waals surface area contributed by atoms with Gasteiger partial charge in [0.15, 0.2) is 11.5 Å². The van der Waals surface area contributed by atoms with Crippen LogP contribution in [0.15, 0.2) is 46.2 Å². The van der Waals surface area contributed by atoms with Crippen molar-refractivity contribution in [2.24, 2.45) is 0 Å². The molecule has 124 valence electrons. The lowest BCUT2D eigenvalue weighted by Gasteiger charge is -2.31. The molecule has 1 atom stereocenters. The molecule has 0 unspecified atom stereocenters. The number of amides is 1. The van der Waals surface area contributed by atoms with E-state index in [1.165, 1.54) is 4.88 Å². The number of likely N-dealkylation sites (tertiary alicyclic amines) is 1. The molecule has 1 aromatic carbocycles. The van der Waals surface area contributed by atoms with Crippen LogP contribution in [0.25, 0.3) is 11.1 Å². The number of hydrogen-bond acceptors (Lipinski definition) is 4. The molecule has 1 amide bonds. The number of para-hydroxylation sites is 2. The van der Waals surface area contributed by atoms with Gasteiger partial charge in [0.25, 0.3) is 0 Å². The van der Waals surface area contributed by atoms with Crippen molar-refractivity contribution in [3.05, 3.63) is 52.5 Å². The Balaban J connectivity index is 1.42. The molecule has 1 saturated heterocycles. The topological polar surface area (TPSA) is 46.3 Å². The predicted octanol–water partition coefficient (Wildman–Crippen LogP) is 4.23. The van der Waals surface area contributed by atoms with Crippen molar-refractivity contribution >= 4 is 28.3 Å². The van der Waals surface area contributed by atoms with E-state index in [1.807, 2.05) is 35.2 Å². The SMILES string of the molecule is O=C(CCc1cccs1)N1CCC[C@H](c2nc3ccccc3o2)C1. The number of nitrogens with zero attached hydrogens (tertiary/aromatic N) is 2. The van der Waals surface area contributed by atoms with Crippen molar-refractivity contribution in [3.8, 4) is 0 Å². The Bertz CT molecular complexity index is 792. The number of oxazole rings is 1. The summed E-state index contributed by atoms with van der Waals surface area (Å²) < 4.78 is 5.91. The van der Waals surface area contributed by atoms with Crippen molar-refractivity contribution in [3.63, 3.8) is 0 Å². The van der Waals surface area contributed by atoms with Crippen LogP contribution in [0.2, 0.25) is 0 Å². The van der Waals surface area contributed by atoms with Crippen LogP contribution in [-0.2, 0) is 11.2 Å². The summed E-state index contributed by atoms with van der Waals surface area (Å²) in [5, 5.41) is 2.06. The third-order valence-corrected chi connectivity index (χ3v) is 5.54. The van der Waals surface area contributed by atoms with Gasteiger partial charge in [0.2, 0.25) is 5.91 Å². The molecule has 0 spiro atoms. The smallest absolute Gasteiger partial charge is 0.222 e. The second-order valence-electron chi connectivity index (χ2n) is 6.28. The van der Waals surface area contributed by atoms with Crippen LogP contribution in [0.1, 0.15) is 35.9 Å². The van der Waals surface area contributed by atoms with Gasteiger partial charge in [-0.1, -0.05) is 18.2 Å². The molecule has 2 aromatic heterocycles. The lowest BCUT2D eigenvalue weighted by Crippen LogP contribution is -2.39. The summed E-state index contributed by atoms with van der Waals surface area (Å²) >= 11 is 1.72. The Morgan fingerprint density at radius 2 is 2.21 bits per heavy atom. The highest BCUT2D eigenvalue weighted by Crippen LogP contribution is 2.29. The van der Waals surface area contributed by atoms with Crippen LogP contribution in [0.3, 0.4) is 0 Å². The maximum atomic E-state index is 12.5. The lowest BCUT2D eigenvalue weighted by atomic mass is 9.97. The van der Waals surface area contributed by atoms with E-state index in [2.05, 4.69) is 16.4 Å². The molecule has 3 heterocycles. The maximum Gasteiger partial charge on any atom is 0.222 e. The molecule has 5 heteroatoms. The fourth-order valence-corrected chi connectivity index (χ4v) is 4.02. The van der Waals surface area contributed by atoms with Gasteiger partial charge in [-0.15, -0.1) is 11.3 Å². The molecule has 4 rings (SSSR count). The van der Waals surface area contributed by atoms with E-state index in [4.69, 9.17) is 4.42 Å². The third-order valence-electron chi connectivity index (χ3n) is 4.60. The molecule has 3 aromatic rings. The predicted molar refractivity (Wildman–Crippen MR) is 95.2 cm³/mol. The number of carbonyl (C=O) groups is 1. The number of rotatable bonds is 4. The molecule has 0 radical (unpaired) electrons. The van der Waals surface area contributed by atoms with Gasteiger partial charge in [0, 0.05) is 24.4 Å². The van der Waals surface area contributed by atoms with E-state index in [1.54, 1.807) is 11.3 Å². The fourth-order valence-electron chi connectivity index (χ4n) is 3.31. The van der Waals surface area contributed by atoms with Gasteiger partial charge >= 0.3 is 0 Å². The summed E-state index contributed by atoms with van der Waals surface area (Å²) in [7, 11) is 0. The minimum absolute atomic E-state index is 0.205. The summed E-state index contributed by atoms with van der Waals surface area (Å²) in [6.45, 7) is 1.57. The monoisotopic (exact) mass is 340 g/mol. The minimum atomic E-state index is 0.205. The normalized spacial score (nSPS) is 18.2. The first-order chi connectivity index (χ1) is 11.8. The molecular formula is C19H20N2O2S. The molecule has 0 bridgehead atoms. The minimum Gasteiger partial charge on any atom is -0.440 e. The van der Waals surface area contributed by atoms with E-state index in [0.717, 1.165) is 49.3 Å². The van der Waals surface area contributed by atoms with Crippen molar-refractivity contribution in [2.75, 3.05) is 13.1 Å². The van der Waals surface area contributed by atoms with Crippen molar-refractivity contribution in [2.45, 2.75) is 31.6 Å². The Morgan fingerprint density at radius 3 is 3.04 bits per heavy atom. The van der Waals surface area contributed by atoms with Gasteiger partial charge in [0.05, 0.1) is 5.92 Å². The van der Waals surface area contributed by atoms with Crippen molar-refractivity contribution in [1.82, 2.24) is 9.88 Å². The zero-order valence-electron chi connectivity index (χ0n) is 13.5. The van der Waals surface area contributed by atoms with Crippen molar-refractivity contribution < 1.29 is 9.21 Å². The summed E-state index contributed by atoms with van der Waals surface area (Å²) in [4.78, 5) is 20.4. The number of piperidine rings is 1. The second-order valence-corrected chi connectivity index (χ2v) is 7.31. The standard InChI is InChI=1S/C19H20N2O2S/c22-18(10-9-15-6-4-12-24-15)21-11-3-5-14(13-21)19-20-16-7-1-2-8-17(16)23-19/h1-2,4,6-8,12,14H,3,5,9-11,13H2/t14-/m0/s1. The lowest BCUT2D eigenvalue weighted by molar-refractivity contribution is -0.132. The molecule has 0 aliphatic carbocycles. The Morgan fingerprint density at radius 1 is 1.29 bits per heavy atom. The molecule has 24 heavy (non-hydrogen) atoms. The Kier molecular flexibility index (Phi) is 4.34. The van der Waals surface area contributed by atoms with Crippen LogP contribution in [-0.4, -0.2) is 28.9 Å². The molecule has 1 aliphatic heterocycles. The first-order valence-corrected chi connectivity index (χ1v) is 9.33.